The highest BCUT2D eigenvalue weighted by Crippen LogP contribution is 2.18. The highest BCUT2D eigenvalue weighted by atomic mass is 32.2. The largest absolute Gasteiger partial charge is 0.467 e. The molecular weight excluding hydrogens is 238 g/mol. The number of hydrogen-bond donors (Lipinski definition) is 1. The fourth-order valence-electron chi connectivity index (χ4n) is 1.25. The van der Waals surface area contributed by atoms with Crippen molar-refractivity contribution >= 4 is 23.6 Å². The molecule has 0 bridgehead atoms. The number of nitrogens with one attached hydrogen (secondary N) is 1. The van der Waals surface area contributed by atoms with Crippen LogP contribution in [0.25, 0.3) is 0 Å². The van der Waals surface area contributed by atoms with E-state index >= 15 is 0 Å². The van der Waals surface area contributed by atoms with Gasteiger partial charge < -0.3 is 10.1 Å². The van der Waals surface area contributed by atoms with E-state index in [4.69, 9.17) is 0 Å². The molecule has 92 valence electrons. The fraction of sp³-hybridized carbons (Fsp3) is 0.333. The molecule has 0 aliphatic rings. The number of thioether (sulfide) groups is 1. The Labute approximate surface area is 105 Å². The summed E-state index contributed by atoms with van der Waals surface area (Å²) >= 11 is 1.50. The molecule has 5 heteroatoms. The third-order valence-electron chi connectivity index (χ3n) is 2.02. The zero-order valence-electron chi connectivity index (χ0n) is 9.80. The van der Waals surface area contributed by atoms with E-state index < -0.39 is 12.0 Å². The highest BCUT2D eigenvalue weighted by Gasteiger charge is 2.19. The maximum absolute atomic E-state index is 11.4. The first kappa shape index (κ1) is 13.6. The van der Waals surface area contributed by atoms with Gasteiger partial charge in [0.15, 0.2) is 0 Å². The van der Waals surface area contributed by atoms with Crippen LogP contribution in [0.1, 0.15) is 6.92 Å². The van der Waals surface area contributed by atoms with Crippen molar-refractivity contribution in [3.63, 3.8) is 0 Å². The van der Waals surface area contributed by atoms with E-state index in [1.807, 2.05) is 30.3 Å². The van der Waals surface area contributed by atoms with Crippen molar-refractivity contribution in [2.24, 2.45) is 0 Å². The van der Waals surface area contributed by atoms with Crippen LogP contribution < -0.4 is 5.32 Å². The van der Waals surface area contributed by atoms with Gasteiger partial charge in [0.25, 0.3) is 0 Å². The van der Waals surface area contributed by atoms with Crippen molar-refractivity contribution in [1.82, 2.24) is 5.32 Å². The number of hydrogen-bond acceptors (Lipinski definition) is 4. The summed E-state index contributed by atoms with van der Waals surface area (Å²) in [5.41, 5.74) is 0. The number of esters is 1. The van der Waals surface area contributed by atoms with Gasteiger partial charge in [-0.2, -0.15) is 0 Å². The summed E-state index contributed by atoms with van der Waals surface area (Å²) < 4.78 is 4.63. The Hall–Kier alpha value is -1.49. The maximum Gasteiger partial charge on any atom is 0.329 e. The van der Waals surface area contributed by atoms with Crippen molar-refractivity contribution in [3.05, 3.63) is 30.3 Å². The molecule has 0 aliphatic heterocycles. The summed E-state index contributed by atoms with van der Waals surface area (Å²) in [4.78, 5) is 23.4. The van der Waals surface area contributed by atoms with Gasteiger partial charge in [0, 0.05) is 17.6 Å². The first-order valence-electron chi connectivity index (χ1n) is 5.16. The number of amides is 1. The molecule has 1 amide bonds. The minimum absolute atomic E-state index is 0.242. The van der Waals surface area contributed by atoms with Crippen LogP contribution in [0.2, 0.25) is 0 Å². The minimum Gasteiger partial charge on any atom is -0.467 e. The van der Waals surface area contributed by atoms with Crippen LogP contribution >= 0.6 is 11.8 Å². The Bertz CT molecular complexity index is 381. The zero-order valence-corrected chi connectivity index (χ0v) is 10.6. The topological polar surface area (TPSA) is 55.4 Å². The van der Waals surface area contributed by atoms with Gasteiger partial charge in [-0.25, -0.2) is 4.79 Å². The van der Waals surface area contributed by atoms with E-state index in [0.29, 0.717) is 5.75 Å². The first-order chi connectivity index (χ1) is 8.13. The molecule has 1 atom stereocenters. The smallest absolute Gasteiger partial charge is 0.329 e. The van der Waals surface area contributed by atoms with Gasteiger partial charge in [-0.15, -0.1) is 11.8 Å². The van der Waals surface area contributed by atoms with Crippen molar-refractivity contribution in [1.29, 1.82) is 0 Å². The number of carbonyl (C=O) groups is 2. The normalized spacial score (nSPS) is 11.6. The molecule has 1 N–H and O–H groups in total. The Kier molecular flexibility index (Phi) is 5.56. The monoisotopic (exact) mass is 253 g/mol. The van der Waals surface area contributed by atoms with Crippen molar-refractivity contribution in [2.75, 3.05) is 12.9 Å². The Morgan fingerprint density at radius 2 is 2.00 bits per heavy atom. The van der Waals surface area contributed by atoms with E-state index in [1.165, 1.54) is 25.8 Å². The average Bonchev–Trinajstić information content (AvgIpc) is 2.34. The standard InChI is InChI=1S/C12H15NO3S/c1-9(14)13-11(12(15)16-2)8-17-10-6-4-3-5-7-10/h3-7,11H,8H2,1-2H3,(H,13,14)/t11-/m0/s1. The average molecular weight is 253 g/mol. The molecule has 0 radical (unpaired) electrons. The van der Waals surface area contributed by atoms with Gasteiger partial charge in [0.1, 0.15) is 6.04 Å². The van der Waals surface area contributed by atoms with Crippen molar-refractivity contribution < 1.29 is 14.3 Å². The van der Waals surface area contributed by atoms with Crippen LogP contribution in [-0.4, -0.2) is 30.8 Å². The molecular formula is C12H15NO3S. The lowest BCUT2D eigenvalue weighted by Crippen LogP contribution is -2.42. The Morgan fingerprint density at radius 1 is 1.35 bits per heavy atom. The van der Waals surface area contributed by atoms with Crippen LogP contribution in [0.4, 0.5) is 0 Å². The fourth-order valence-corrected chi connectivity index (χ4v) is 2.18. The number of rotatable bonds is 5. The third kappa shape index (κ3) is 4.91. The molecule has 0 saturated carbocycles. The van der Waals surface area contributed by atoms with Gasteiger partial charge in [-0.3, -0.25) is 4.79 Å². The molecule has 17 heavy (non-hydrogen) atoms. The first-order valence-corrected chi connectivity index (χ1v) is 6.15. The molecule has 0 saturated heterocycles. The molecule has 0 fully saturated rings. The molecule has 0 aliphatic carbocycles. The summed E-state index contributed by atoms with van der Waals surface area (Å²) in [6.45, 7) is 1.38. The predicted octanol–water partition coefficient (Wildman–Crippen LogP) is 1.46. The molecule has 0 unspecified atom stereocenters. The number of benzene rings is 1. The minimum atomic E-state index is -0.609. The molecule has 4 nitrogen and oxygen atoms in total. The highest BCUT2D eigenvalue weighted by molar-refractivity contribution is 7.99. The van der Waals surface area contributed by atoms with E-state index in [1.54, 1.807) is 0 Å². The predicted molar refractivity (Wildman–Crippen MR) is 66.8 cm³/mol. The van der Waals surface area contributed by atoms with Gasteiger partial charge in [0.05, 0.1) is 7.11 Å². The Balaban J connectivity index is 2.55. The number of methoxy groups -OCH3 is 1. The molecule has 0 spiro atoms. The lowest BCUT2D eigenvalue weighted by atomic mass is 10.3. The van der Waals surface area contributed by atoms with Gasteiger partial charge >= 0.3 is 5.97 Å². The van der Waals surface area contributed by atoms with Gasteiger partial charge in [0.2, 0.25) is 5.91 Å². The van der Waals surface area contributed by atoms with Crippen LogP contribution in [0.15, 0.2) is 35.2 Å². The Morgan fingerprint density at radius 3 is 2.53 bits per heavy atom. The zero-order chi connectivity index (χ0) is 12.7. The second-order valence-corrected chi connectivity index (χ2v) is 4.49. The lowest BCUT2D eigenvalue weighted by molar-refractivity contribution is -0.144. The van der Waals surface area contributed by atoms with Gasteiger partial charge in [-0.1, -0.05) is 18.2 Å². The molecule has 0 heterocycles. The summed E-state index contributed by atoms with van der Waals surface area (Å²) in [6, 6.07) is 9.07. The van der Waals surface area contributed by atoms with Crippen LogP contribution in [0, 0.1) is 0 Å². The summed E-state index contributed by atoms with van der Waals surface area (Å²) in [5.74, 6) is -0.214. The lowest BCUT2D eigenvalue weighted by Gasteiger charge is -2.14. The van der Waals surface area contributed by atoms with E-state index in [0.717, 1.165) is 4.90 Å². The molecule has 1 rings (SSSR count). The van der Waals surface area contributed by atoms with Gasteiger partial charge in [-0.05, 0) is 12.1 Å². The molecule has 0 aromatic heterocycles. The second-order valence-electron chi connectivity index (χ2n) is 3.40. The number of ether oxygens (including phenoxy) is 1. The van der Waals surface area contributed by atoms with Crippen molar-refractivity contribution in [3.8, 4) is 0 Å². The quantitative estimate of drug-likeness (QED) is 0.637. The molecule has 1 aromatic rings. The summed E-state index contributed by atoms with van der Waals surface area (Å²) in [7, 11) is 1.31. The summed E-state index contributed by atoms with van der Waals surface area (Å²) in [6.07, 6.45) is 0. The van der Waals surface area contributed by atoms with Crippen LogP contribution in [0.5, 0.6) is 0 Å². The van der Waals surface area contributed by atoms with Crippen LogP contribution in [-0.2, 0) is 14.3 Å². The maximum atomic E-state index is 11.4. The SMILES string of the molecule is COC(=O)[C@H](CSc1ccccc1)NC(C)=O. The third-order valence-corrected chi connectivity index (χ3v) is 3.13. The van der Waals surface area contributed by atoms with Crippen molar-refractivity contribution in [2.45, 2.75) is 17.9 Å². The second kappa shape index (κ2) is 6.96. The van der Waals surface area contributed by atoms with E-state index in [-0.39, 0.29) is 5.91 Å². The van der Waals surface area contributed by atoms with E-state index in [2.05, 4.69) is 10.1 Å². The van der Waals surface area contributed by atoms with Crippen LogP contribution in [0.3, 0.4) is 0 Å². The molecule has 1 aromatic carbocycles. The van der Waals surface area contributed by atoms with E-state index in [9.17, 15) is 9.59 Å². The summed E-state index contributed by atoms with van der Waals surface area (Å²) in [5, 5.41) is 2.57. The number of carbonyl (C=O) groups excluding carboxylic acids is 2.